The molecular formula is C28H44O6. The third kappa shape index (κ3) is 7.78. The van der Waals surface area contributed by atoms with Gasteiger partial charge in [0.15, 0.2) is 0 Å². The van der Waals surface area contributed by atoms with Crippen LogP contribution in [0.2, 0.25) is 0 Å². The van der Waals surface area contributed by atoms with Crippen molar-refractivity contribution in [3.8, 4) is 0 Å². The number of hydrogen-bond donors (Lipinski definition) is 2. The van der Waals surface area contributed by atoms with Crippen molar-refractivity contribution >= 4 is 23.5 Å². The van der Waals surface area contributed by atoms with E-state index in [9.17, 15) is 29.4 Å². The van der Waals surface area contributed by atoms with Gasteiger partial charge in [0.2, 0.25) is 0 Å². The average molecular weight is 477 g/mol. The summed E-state index contributed by atoms with van der Waals surface area (Å²) in [4.78, 5) is 48.0. The minimum Gasteiger partial charge on any atom is -0.481 e. The molecule has 4 unspecified atom stereocenters. The van der Waals surface area contributed by atoms with Gasteiger partial charge in [0.1, 0.15) is 11.6 Å². The lowest BCUT2D eigenvalue weighted by molar-refractivity contribution is -0.148. The number of hydrogen-bond acceptors (Lipinski definition) is 4. The molecule has 0 heterocycles. The Kier molecular flexibility index (Phi) is 10.1. The minimum atomic E-state index is -0.777. The zero-order valence-corrected chi connectivity index (χ0v) is 21.5. The van der Waals surface area contributed by atoms with E-state index in [-0.39, 0.29) is 35.2 Å². The fraction of sp³-hybridized carbons (Fsp3) is 0.786. The fourth-order valence-corrected chi connectivity index (χ4v) is 5.29. The maximum Gasteiger partial charge on any atom is 0.309 e. The van der Waals surface area contributed by atoms with Crippen molar-refractivity contribution in [1.29, 1.82) is 0 Å². The van der Waals surface area contributed by atoms with Crippen molar-refractivity contribution in [2.45, 2.75) is 105 Å². The van der Waals surface area contributed by atoms with E-state index in [0.717, 1.165) is 64.2 Å². The Hall–Kier alpha value is -1.98. The number of aliphatic carboxylic acids is 2. The number of ketones is 2. The second-order valence-corrected chi connectivity index (χ2v) is 11.8. The molecule has 0 amide bonds. The highest BCUT2D eigenvalue weighted by Gasteiger charge is 2.35. The normalized spacial score (nSPS) is 26.0. The van der Waals surface area contributed by atoms with Crippen LogP contribution in [0.3, 0.4) is 0 Å². The number of Topliss-reactive ketones (excluding diaryl/α,β-unsaturated/α-hetero) is 2. The average Bonchev–Trinajstić information content (AvgIpc) is 3.29. The summed E-state index contributed by atoms with van der Waals surface area (Å²) in [6, 6.07) is 0. The zero-order valence-electron chi connectivity index (χ0n) is 21.5. The molecule has 4 atom stereocenters. The van der Waals surface area contributed by atoms with E-state index in [2.05, 4.69) is 0 Å². The van der Waals surface area contributed by atoms with Crippen LogP contribution < -0.4 is 0 Å². The van der Waals surface area contributed by atoms with Crippen molar-refractivity contribution in [3.63, 3.8) is 0 Å². The zero-order chi connectivity index (χ0) is 25.5. The summed E-state index contributed by atoms with van der Waals surface area (Å²) < 4.78 is 0. The Morgan fingerprint density at radius 2 is 1.06 bits per heavy atom. The highest BCUT2D eigenvalue weighted by atomic mass is 16.4. The standard InChI is InChI=1S/C28H44O6/c1-27(2,25(31)32)17-7-5-9-19-11-13-21(23(19)29)15-16-22-14-12-20(24(22)30)10-6-8-18-28(3,4)26(33)34/h15-16,19-22H,5-14,17-18H2,1-4H3,(H,31,32)(H,33,34). The fourth-order valence-electron chi connectivity index (χ4n) is 5.29. The SMILES string of the molecule is CC(C)(CCCCC1CCC(C=CC2CCC(CCCCC(C)(C)C(=O)O)C2=O)C1=O)C(=O)O. The van der Waals surface area contributed by atoms with Gasteiger partial charge in [0, 0.05) is 23.7 Å². The van der Waals surface area contributed by atoms with Gasteiger partial charge >= 0.3 is 11.9 Å². The first-order valence-corrected chi connectivity index (χ1v) is 13.1. The first-order chi connectivity index (χ1) is 15.8. The summed E-state index contributed by atoms with van der Waals surface area (Å²) in [5.74, 6) is -1.07. The van der Waals surface area contributed by atoms with E-state index < -0.39 is 22.8 Å². The Morgan fingerprint density at radius 1 is 0.706 bits per heavy atom. The van der Waals surface area contributed by atoms with Gasteiger partial charge in [0.25, 0.3) is 0 Å². The lowest BCUT2D eigenvalue weighted by atomic mass is 9.86. The lowest BCUT2D eigenvalue weighted by Crippen LogP contribution is -2.23. The molecule has 0 aromatic carbocycles. The molecule has 34 heavy (non-hydrogen) atoms. The van der Waals surface area contributed by atoms with Crippen LogP contribution in [-0.2, 0) is 19.2 Å². The van der Waals surface area contributed by atoms with Crippen LogP contribution in [0.4, 0.5) is 0 Å². The number of carbonyl (C=O) groups is 4. The summed E-state index contributed by atoms with van der Waals surface area (Å²) in [7, 11) is 0. The van der Waals surface area contributed by atoms with Gasteiger partial charge in [-0.2, -0.15) is 0 Å². The predicted octanol–water partition coefficient (Wildman–Crippen LogP) is 6.08. The van der Waals surface area contributed by atoms with E-state index in [0.29, 0.717) is 12.8 Å². The molecule has 2 fully saturated rings. The molecule has 0 spiro atoms. The number of carboxylic acids is 2. The topological polar surface area (TPSA) is 109 Å². The summed E-state index contributed by atoms with van der Waals surface area (Å²) in [6.07, 6.45) is 13.6. The van der Waals surface area contributed by atoms with Crippen LogP contribution in [0.5, 0.6) is 0 Å². The molecule has 2 aliphatic carbocycles. The molecule has 2 saturated carbocycles. The van der Waals surface area contributed by atoms with Gasteiger partial charge in [-0.05, 0) is 79.1 Å². The Bertz CT molecular complexity index is 714. The Morgan fingerprint density at radius 3 is 1.38 bits per heavy atom. The number of unbranched alkanes of at least 4 members (excludes halogenated alkanes) is 2. The van der Waals surface area contributed by atoms with Crippen molar-refractivity contribution < 1.29 is 29.4 Å². The molecule has 6 heteroatoms. The van der Waals surface area contributed by atoms with Gasteiger partial charge in [0.05, 0.1) is 10.8 Å². The lowest BCUT2D eigenvalue weighted by Gasteiger charge is -2.19. The van der Waals surface area contributed by atoms with Crippen molar-refractivity contribution in [1.82, 2.24) is 0 Å². The van der Waals surface area contributed by atoms with Crippen LogP contribution in [0.1, 0.15) is 105 Å². The van der Waals surface area contributed by atoms with Gasteiger partial charge in [-0.1, -0.05) is 37.8 Å². The van der Waals surface area contributed by atoms with Crippen LogP contribution in [0, 0.1) is 34.5 Å². The molecule has 6 nitrogen and oxygen atoms in total. The first-order valence-electron chi connectivity index (χ1n) is 13.1. The Labute approximate surface area is 204 Å². The van der Waals surface area contributed by atoms with Gasteiger partial charge in [-0.3, -0.25) is 19.2 Å². The molecule has 2 aliphatic rings. The predicted molar refractivity (Wildman–Crippen MR) is 131 cm³/mol. The summed E-state index contributed by atoms with van der Waals surface area (Å²) in [5.41, 5.74) is -1.43. The maximum absolute atomic E-state index is 12.8. The van der Waals surface area contributed by atoms with Crippen molar-refractivity contribution in [2.75, 3.05) is 0 Å². The van der Waals surface area contributed by atoms with Gasteiger partial charge < -0.3 is 10.2 Å². The van der Waals surface area contributed by atoms with E-state index in [4.69, 9.17) is 0 Å². The molecule has 192 valence electrons. The highest BCUT2D eigenvalue weighted by Crippen LogP contribution is 2.36. The highest BCUT2D eigenvalue weighted by molar-refractivity contribution is 5.88. The second-order valence-electron chi connectivity index (χ2n) is 11.8. The quantitative estimate of drug-likeness (QED) is 0.232. The van der Waals surface area contributed by atoms with Crippen LogP contribution >= 0.6 is 0 Å². The van der Waals surface area contributed by atoms with Crippen LogP contribution in [0.15, 0.2) is 12.2 Å². The molecule has 0 aromatic heterocycles. The number of allylic oxidation sites excluding steroid dienone is 2. The minimum absolute atomic E-state index is 0.0599. The number of carboxylic acid groups (broad SMARTS) is 2. The van der Waals surface area contributed by atoms with Gasteiger partial charge in [-0.15, -0.1) is 0 Å². The van der Waals surface area contributed by atoms with E-state index >= 15 is 0 Å². The summed E-state index contributed by atoms with van der Waals surface area (Å²) in [6.45, 7) is 6.97. The number of carbonyl (C=O) groups excluding carboxylic acids is 2. The first kappa shape index (κ1) is 28.3. The number of rotatable bonds is 14. The third-order valence-corrected chi connectivity index (χ3v) is 8.13. The largest absolute Gasteiger partial charge is 0.481 e. The van der Waals surface area contributed by atoms with Crippen LogP contribution in [-0.4, -0.2) is 33.7 Å². The monoisotopic (exact) mass is 476 g/mol. The van der Waals surface area contributed by atoms with Gasteiger partial charge in [-0.25, -0.2) is 0 Å². The molecular weight excluding hydrogens is 432 g/mol. The molecule has 0 bridgehead atoms. The van der Waals surface area contributed by atoms with Crippen LogP contribution in [0.25, 0.3) is 0 Å². The molecule has 0 aromatic rings. The third-order valence-electron chi connectivity index (χ3n) is 8.13. The smallest absolute Gasteiger partial charge is 0.309 e. The summed E-state index contributed by atoms with van der Waals surface area (Å²) in [5, 5.41) is 18.4. The molecule has 2 rings (SSSR count). The van der Waals surface area contributed by atoms with Crippen molar-refractivity contribution in [3.05, 3.63) is 12.2 Å². The van der Waals surface area contributed by atoms with E-state index in [1.54, 1.807) is 27.7 Å². The Balaban J connectivity index is 1.71. The molecule has 2 N–H and O–H groups in total. The molecule has 0 radical (unpaired) electrons. The molecule has 0 saturated heterocycles. The maximum atomic E-state index is 12.8. The molecule has 0 aliphatic heterocycles. The van der Waals surface area contributed by atoms with E-state index in [1.165, 1.54) is 0 Å². The van der Waals surface area contributed by atoms with Crippen molar-refractivity contribution in [2.24, 2.45) is 34.5 Å². The summed E-state index contributed by atoms with van der Waals surface area (Å²) >= 11 is 0. The second kappa shape index (κ2) is 12.1. The van der Waals surface area contributed by atoms with E-state index in [1.807, 2.05) is 12.2 Å².